The van der Waals surface area contributed by atoms with Crippen molar-refractivity contribution in [2.24, 2.45) is 10.7 Å². The molecule has 32 heavy (non-hydrogen) atoms. The van der Waals surface area contributed by atoms with E-state index in [0.717, 1.165) is 22.5 Å². The average molecular weight is 434 g/mol. The van der Waals surface area contributed by atoms with Crippen LogP contribution in [0.3, 0.4) is 0 Å². The molecule has 9 heteroatoms. The number of carbonyl (C=O) groups excluding carboxylic acids is 1. The quantitative estimate of drug-likeness (QED) is 0.702. The maximum atomic E-state index is 13.1. The molecule has 9 nitrogen and oxygen atoms in total. The molecule has 1 aromatic carbocycles. The van der Waals surface area contributed by atoms with Crippen LogP contribution in [0, 0.1) is 0 Å². The van der Waals surface area contributed by atoms with Gasteiger partial charge in [-0.3, -0.25) is 4.90 Å². The fraction of sp³-hybridized carbons (Fsp3) is 0.304. The topological polar surface area (TPSA) is 109 Å². The maximum absolute atomic E-state index is 13.1. The van der Waals surface area contributed by atoms with E-state index in [4.69, 9.17) is 20.4 Å². The van der Waals surface area contributed by atoms with E-state index in [0.29, 0.717) is 51.0 Å². The highest BCUT2D eigenvalue weighted by atomic mass is 16.5. The molecule has 0 radical (unpaired) electrons. The Morgan fingerprint density at radius 3 is 2.66 bits per heavy atom. The smallest absolute Gasteiger partial charge is 0.327 e. The molecule has 0 bridgehead atoms. The maximum Gasteiger partial charge on any atom is 0.327 e. The van der Waals surface area contributed by atoms with E-state index >= 15 is 0 Å². The second-order valence-electron chi connectivity index (χ2n) is 7.47. The van der Waals surface area contributed by atoms with E-state index in [1.54, 1.807) is 11.1 Å². The van der Waals surface area contributed by atoms with Gasteiger partial charge in [0.25, 0.3) is 0 Å². The van der Waals surface area contributed by atoms with Crippen molar-refractivity contribution in [2.45, 2.75) is 13.3 Å². The number of morpholine rings is 1. The summed E-state index contributed by atoms with van der Waals surface area (Å²) in [6.45, 7) is 8.65. The summed E-state index contributed by atoms with van der Waals surface area (Å²) in [7, 11) is 0. The Bertz CT molecular complexity index is 1060. The minimum absolute atomic E-state index is 0.215. The van der Waals surface area contributed by atoms with Crippen LogP contribution in [0.4, 0.5) is 22.2 Å². The number of hydrogen-bond acceptors (Lipinski definition) is 7. The Kier molecular flexibility index (Phi) is 6.46. The van der Waals surface area contributed by atoms with Gasteiger partial charge in [0.1, 0.15) is 11.6 Å². The number of para-hydroxylation sites is 1. The number of rotatable bonds is 5. The van der Waals surface area contributed by atoms with Crippen molar-refractivity contribution in [2.75, 3.05) is 48.0 Å². The van der Waals surface area contributed by atoms with Gasteiger partial charge >= 0.3 is 6.03 Å². The van der Waals surface area contributed by atoms with Crippen LogP contribution in [0.5, 0.6) is 0 Å². The van der Waals surface area contributed by atoms with Gasteiger partial charge in [-0.25, -0.2) is 14.8 Å². The summed E-state index contributed by atoms with van der Waals surface area (Å²) in [5.74, 6) is 1.40. The van der Waals surface area contributed by atoms with Crippen LogP contribution in [0.25, 0.3) is 5.57 Å². The van der Waals surface area contributed by atoms with E-state index in [1.165, 1.54) is 0 Å². The highest BCUT2D eigenvalue weighted by molar-refractivity contribution is 6.11. The molecular formula is C23H27N7O2. The summed E-state index contributed by atoms with van der Waals surface area (Å²) in [5, 5.41) is 2.95. The van der Waals surface area contributed by atoms with E-state index in [1.807, 2.05) is 43.3 Å². The fourth-order valence-corrected chi connectivity index (χ4v) is 3.72. The number of nitrogens with zero attached hydrogens (tertiary/aromatic N) is 5. The van der Waals surface area contributed by atoms with E-state index in [-0.39, 0.29) is 11.9 Å². The van der Waals surface area contributed by atoms with Crippen molar-refractivity contribution in [3.8, 4) is 0 Å². The third kappa shape index (κ3) is 4.62. The minimum Gasteiger partial charge on any atom is -0.384 e. The van der Waals surface area contributed by atoms with Crippen LogP contribution in [-0.4, -0.2) is 55.1 Å². The molecule has 3 N–H and O–H groups in total. The van der Waals surface area contributed by atoms with Crippen LogP contribution in [0.15, 0.2) is 53.8 Å². The lowest BCUT2D eigenvalue weighted by atomic mass is 10.1. The monoisotopic (exact) mass is 433 g/mol. The number of amides is 2. The molecule has 2 aliphatic heterocycles. The first-order chi connectivity index (χ1) is 15.6. The van der Waals surface area contributed by atoms with Crippen molar-refractivity contribution in [3.05, 3.63) is 60.1 Å². The van der Waals surface area contributed by atoms with Crippen LogP contribution >= 0.6 is 0 Å². The molecule has 0 spiro atoms. The largest absolute Gasteiger partial charge is 0.384 e. The molecule has 3 heterocycles. The molecular weight excluding hydrogens is 406 g/mol. The Labute approximate surface area is 187 Å². The molecule has 0 aliphatic carbocycles. The van der Waals surface area contributed by atoms with Crippen LogP contribution < -0.4 is 20.9 Å². The van der Waals surface area contributed by atoms with Gasteiger partial charge in [0.15, 0.2) is 0 Å². The Hall–Kier alpha value is -3.72. The van der Waals surface area contributed by atoms with Gasteiger partial charge in [0.2, 0.25) is 5.95 Å². The normalized spacial score (nSPS) is 16.3. The van der Waals surface area contributed by atoms with Crippen molar-refractivity contribution in [1.29, 1.82) is 0 Å². The molecule has 0 atom stereocenters. The van der Waals surface area contributed by atoms with E-state index < -0.39 is 0 Å². The molecule has 0 unspecified atom stereocenters. The molecule has 1 fully saturated rings. The molecule has 1 aromatic heterocycles. The number of hydrogen-bond donors (Lipinski definition) is 2. The average Bonchev–Trinajstić information content (AvgIpc) is 3.25. The summed E-state index contributed by atoms with van der Waals surface area (Å²) >= 11 is 0. The number of urea groups is 1. The Morgan fingerprint density at radius 2 is 1.97 bits per heavy atom. The van der Waals surface area contributed by atoms with Crippen molar-refractivity contribution in [1.82, 2.24) is 9.97 Å². The Balaban J connectivity index is 1.73. The van der Waals surface area contributed by atoms with Gasteiger partial charge in [0.05, 0.1) is 18.9 Å². The highest BCUT2D eigenvalue weighted by Gasteiger charge is 2.32. The standard InChI is InChI=1S/C23H27N7O2/c1-3-17(15-25-16(2)24)20-19-9-10-30(23(31)26-18-7-5-4-6-8-18)21(19)28-22(27-20)29-11-13-32-14-12-29/h3-8,15H,2,9-14,24H2,1H3,(H,26,31)/b17-3+,25-15?. The molecule has 4 rings (SSSR count). The van der Waals surface area contributed by atoms with Gasteiger partial charge in [-0.05, 0) is 25.5 Å². The number of anilines is 3. The zero-order valence-corrected chi connectivity index (χ0v) is 18.1. The molecule has 0 saturated carbocycles. The second kappa shape index (κ2) is 9.61. The van der Waals surface area contributed by atoms with Crippen LogP contribution in [-0.2, 0) is 11.2 Å². The molecule has 1 saturated heterocycles. The molecule has 166 valence electrons. The number of carbonyl (C=O) groups is 1. The number of benzene rings is 1. The number of nitrogens with two attached hydrogens (primary N) is 1. The lowest BCUT2D eigenvalue weighted by Gasteiger charge is -2.28. The predicted molar refractivity (Wildman–Crippen MR) is 127 cm³/mol. The lowest BCUT2D eigenvalue weighted by Crippen LogP contribution is -2.38. The number of allylic oxidation sites excluding steroid dienone is 2. The van der Waals surface area contributed by atoms with E-state index in [2.05, 4.69) is 21.8 Å². The van der Waals surface area contributed by atoms with Gasteiger partial charge in [0, 0.05) is 42.7 Å². The van der Waals surface area contributed by atoms with Crippen molar-refractivity contribution < 1.29 is 9.53 Å². The minimum atomic E-state index is -0.224. The fourth-order valence-electron chi connectivity index (χ4n) is 3.72. The summed E-state index contributed by atoms with van der Waals surface area (Å²) in [6, 6.07) is 9.16. The van der Waals surface area contributed by atoms with Gasteiger partial charge in [-0.2, -0.15) is 4.98 Å². The van der Waals surface area contributed by atoms with Crippen molar-refractivity contribution in [3.63, 3.8) is 0 Å². The number of nitrogens with one attached hydrogen (secondary N) is 1. The van der Waals surface area contributed by atoms with Crippen LogP contribution in [0.2, 0.25) is 0 Å². The number of aliphatic imine (C=N–C) groups is 1. The number of aromatic nitrogens is 2. The first-order valence-electron chi connectivity index (χ1n) is 10.6. The first kappa shape index (κ1) is 21.5. The number of fused-ring (bicyclic) bond motifs is 1. The van der Waals surface area contributed by atoms with Crippen molar-refractivity contribution >= 4 is 35.3 Å². The SMILES string of the molecule is C=C(N)N=C/C(=C\C)c1nc(N2CCOCC2)nc2c1CCN2C(=O)Nc1ccccc1. The van der Waals surface area contributed by atoms with Gasteiger partial charge < -0.3 is 20.7 Å². The van der Waals surface area contributed by atoms with Crippen LogP contribution in [0.1, 0.15) is 18.2 Å². The Morgan fingerprint density at radius 1 is 1.22 bits per heavy atom. The molecule has 2 amide bonds. The third-order valence-corrected chi connectivity index (χ3v) is 5.33. The number of ether oxygens (including phenoxy) is 1. The van der Waals surface area contributed by atoms with E-state index in [9.17, 15) is 4.79 Å². The third-order valence-electron chi connectivity index (χ3n) is 5.33. The second-order valence-corrected chi connectivity index (χ2v) is 7.47. The summed E-state index contributed by atoms with van der Waals surface area (Å²) in [5.41, 5.74) is 8.83. The summed E-state index contributed by atoms with van der Waals surface area (Å²) in [4.78, 5) is 30.7. The highest BCUT2D eigenvalue weighted by Crippen LogP contribution is 2.33. The van der Waals surface area contributed by atoms with Gasteiger partial charge in [-0.15, -0.1) is 0 Å². The zero-order chi connectivity index (χ0) is 22.5. The predicted octanol–water partition coefficient (Wildman–Crippen LogP) is 2.81. The lowest BCUT2D eigenvalue weighted by molar-refractivity contribution is 0.122. The zero-order valence-electron chi connectivity index (χ0n) is 18.1. The summed E-state index contributed by atoms with van der Waals surface area (Å²) in [6.07, 6.45) is 4.22. The summed E-state index contributed by atoms with van der Waals surface area (Å²) < 4.78 is 5.48. The molecule has 2 aliphatic rings. The van der Waals surface area contributed by atoms with Gasteiger partial charge in [-0.1, -0.05) is 30.9 Å². The molecule has 2 aromatic rings. The first-order valence-corrected chi connectivity index (χ1v) is 10.6.